The molecule has 0 spiro atoms. The Kier molecular flexibility index (Phi) is 3.27. The maximum absolute atomic E-state index is 11.7. The number of nitro groups is 1. The number of carbonyl (C=O) groups excluding carboxylic acids is 1. The first-order chi connectivity index (χ1) is 8.97. The van der Waals surface area contributed by atoms with Gasteiger partial charge in [0.15, 0.2) is 5.69 Å². The molecule has 2 aromatic rings. The number of H-pyrrole nitrogens is 1. The van der Waals surface area contributed by atoms with Crippen molar-refractivity contribution in [1.82, 2.24) is 25.3 Å². The van der Waals surface area contributed by atoms with Crippen molar-refractivity contribution >= 4 is 11.7 Å². The van der Waals surface area contributed by atoms with Gasteiger partial charge in [0.1, 0.15) is 0 Å². The van der Waals surface area contributed by atoms with Crippen LogP contribution in [0.4, 0.5) is 5.82 Å². The van der Waals surface area contributed by atoms with Gasteiger partial charge in [0.2, 0.25) is 0 Å². The van der Waals surface area contributed by atoms with Crippen LogP contribution in [0.3, 0.4) is 0 Å². The summed E-state index contributed by atoms with van der Waals surface area (Å²) in [4.78, 5) is 21.5. The lowest BCUT2D eigenvalue weighted by Crippen LogP contribution is -2.24. The smallest absolute Gasteiger partial charge is 0.343 e. The molecule has 0 aromatic carbocycles. The maximum Gasteiger partial charge on any atom is 0.343 e. The average Bonchev–Trinajstić information content (AvgIpc) is 2.93. The fourth-order valence-corrected chi connectivity index (χ4v) is 1.61. The summed E-state index contributed by atoms with van der Waals surface area (Å²) in [5, 5.41) is 23.0. The number of carbonyl (C=O) groups is 1. The van der Waals surface area contributed by atoms with Crippen LogP contribution in [0.25, 0.3) is 0 Å². The van der Waals surface area contributed by atoms with Crippen LogP contribution in [0.15, 0.2) is 12.1 Å². The standard InChI is InChI=1S/C10H12N6O3/c1-6-3-7(15(2)14-6)5-11-10(17)8-4-9(13-12-8)16(18)19/h3-4H,5H2,1-2H3,(H,11,17)(H,12,13). The monoisotopic (exact) mass is 264 g/mol. The number of amides is 1. The van der Waals surface area contributed by atoms with Crippen molar-refractivity contribution in [3.63, 3.8) is 0 Å². The molecule has 0 atom stereocenters. The van der Waals surface area contributed by atoms with Crippen LogP contribution in [0, 0.1) is 17.0 Å². The van der Waals surface area contributed by atoms with Gasteiger partial charge in [0.25, 0.3) is 5.91 Å². The Hall–Kier alpha value is -2.71. The predicted molar refractivity (Wildman–Crippen MR) is 64.4 cm³/mol. The van der Waals surface area contributed by atoms with Crippen molar-refractivity contribution in [3.05, 3.63) is 39.3 Å². The fraction of sp³-hybridized carbons (Fsp3) is 0.300. The topological polar surface area (TPSA) is 119 Å². The molecule has 0 aliphatic carbocycles. The average molecular weight is 264 g/mol. The number of aromatic amines is 1. The molecule has 2 rings (SSSR count). The van der Waals surface area contributed by atoms with E-state index in [0.717, 1.165) is 17.5 Å². The highest BCUT2D eigenvalue weighted by Gasteiger charge is 2.16. The first-order valence-electron chi connectivity index (χ1n) is 5.45. The lowest BCUT2D eigenvalue weighted by Gasteiger charge is -2.02. The zero-order valence-electron chi connectivity index (χ0n) is 10.4. The Labute approximate surface area is 107 Å². The Morgan fingerprint density at radius 1 is 1.58 bits per heavy atom. The van der Waals surface area contributed by atoms with Crippen molar-refractivity contribution in [1.29, 1.82) is 0 Å². The van der Waals surface area contributed by atoms with Crippen molar-refractivity contribution in [3.8, 4) is 0 Å². The Morgan fingerprint density at radius 2 is 2.32 bits per heavy atom. The van der Waals surface area contributed by atoms with Crippen LogP contribution in [0.5, 0.6) is 0 Å². The third-order valence-corrected chi connectivity index (χ3v) is 2.52. The molecule has 2 heterocycles. The predicted octanol–water partition coefficient (Wildman–Crippen LogP) is 0.290. The molecule has 0 bridgehead atoms. The second kappa shape index (κ2) is 4.88. The second-order valence-electron chi connectivity index (χ2n) is 3.98. The highest BCUT2D eigenvalue weighted by atomic mass is 16.6. The summed E-state index contributed by atoms with van der Waals surface area (Å²) in [6.07, 6.45) is 0. The van der Waals surface area contributed by atoms with E-state index in [1.807, 2.05) is 13.0 Å². The van der Waals surface area contributed by atoms with Crippen molar-refractivity contribution in [2.24, 2.45) is 7.05 Å². The zero-order valence-corrected chi connectivity index (χ0v) is 10.4. The van der Waals surface area contributed by atoms with E-state index in [0.29, 0.717) is 0 Å². The molecule has 9 heteroatoms. The van der Waals surface area contributed by atoms with Crippen LogP contribution < -0.4 is 5.32 Å². The summed E-state index contributed by atoms with van der Waals surface area (Å²) in [7, 11) is 1.77. The maximum atomic E-state index is 11.7. The number of aromatic nitrogens is 4. The minimum Gasteiger partial charge on any atom is -0.358 e. The van der Waals surface area contributed by atoms with Crippen LogP contribution >= 0.6 is 0 Å². The summed E-state index contributed by atoms with van der Waals surface area (Å²) in [6, 6.07) is 2.93. The summed E-state index contributed by atoms with van der Waals surface area (Å²) in [5.74, 6) is -0.801. The van der Waals surface area contributed by atoms with Gasteiger partial charge in [-0.1, -0.05) is 5.10 Å². The molecule has 19 heavy (non-hydrogen) atoms. The number of hydrogen-bond donors (Lipinski definition) is 2. The van der Waals surface area contributed by atoms with Gasteiger partial charge in [-0.25, -0.2) is 0 Å². The molecule has 100 valence electrons. The van der Waals surface area contributed by atoms with Crippen molar-refractivity contribution < 1.29 is 9.72 Å². The minimum absolute atomic E-state index is 0.0226. The molecule has 0 fully saturated rings. The minimum atomic E-state index is -0.645. The third kappa shape index (κ3) is 2.76. The summed E-state index contributed by atoms with van der Waals surface area (Å²) in [6.45, 7) is 2.12. The molecule has 0 saturated heterocycles. The van der Waals surface area contributed by atoms with E-state index in [1.165, 1.54) is 0 Å². The Bertz CT molecular complexity index is 629. The number of nitrogens with zero attached hydrogens (tertiary/aromatic N) is 4. The SMILES string of the molecule is Cc1cc(CNC(=O)c2cc([N+](=O)[O-])[nH]n2)n(C)n1. The molecule has 1 amide bonds. The second-order valence-corrected chi connectivity index (χ2v) is 3.98. The molecule has 2 N–H and O–H groups in total. The van der Waals surface area contributed by atoms with E-state index >= 15 is 0 Å². The molecular formula is C10H12N6O3. The Morgan fingerprint density at radius 3 is 2.84 bits per heavy atom. The lowest BCUT2D eigenvalue weighted by molar-refractivity contribution is -0.389. The molecule has 0 radical (unpaired) electrons. The van der Waals surface area contributed by atoms with Gasteiger partial charge in [-0.3, -0.25) is 9.48 Å². The van der Waals surface area contributed by atoms with Crippen LogP contribution in [-0.2, 0) is 13.6 Å². The number of aryl methyl sites for hydroxylation is 2. The van der Waals surface area contributed by atoms with Gasteiger partial charge >= 0.3 is 5.82 Å². The first kappa shape index (κ1) is 12.7. The van der Waals surface area contributed by atoms with E-state index in [9.17, 15) is 14.9 Å². The van der Waals surface area contributed by atoms with E-state index < -0.39 is 10.8 Å². The highest BCUT2D eigenvalue weighted by molar-refractivity contribution is 5.92. The van der Waals surface area contributed by atoms with Crippen LogP contribution in [-0.4, -0.2) is 30.8 Å². The van der Waals surface area contributed by atoms with Crippen molar-refractivity contribution in [2.45, 2.75) is 13.5 Å². The van der Waals surface area contributed by atoms with E-state index in [4.69, 9.17) is 0 Å². The summed E-state index contributed by atoms with van der Waals surface area (Å²) < 4.78 is 1.66. The summed E-state index contributed by atoms with van der Waals surface area (Å²) in [5.41, 5.74) is 1.66. The molecule has 0 unspecified atom stereocenters. The fourth-order valence-electron chi connectivity index (χ4n) is 1.61. The van der Waals surface area contributed by atoms with Gasteiger partial charge in [-0.2, -0.15) is 5.10 Å². The largest absolute Gasteiger partial charge is 0.358 e. The number of rotatable bonds is 4. The van der Waals surface area contributed by atoms with E-state index in [1.54, 1.807) is 11.7 Å². The molecular weight excluding hydrogens is 252 g/mol. The number of hydrogen-bond acceptors (Lipinski definition) is 5. The lowest BCUT2D eigenvalue weighted by atomic mass is 10.3. The quantitative estimate of drug-likeness (QED) is 0.607. The molecule has 9 nitrogen and oxygen atoms in total. The van der Waals surface area contributed by atoms with Gasteiger partial charge in [0.05, 0.1) is 24.0 Å². The van der Waals surface area contributed by atoms with Crippen LogP contribution in [0.1, 0.15) is 21.9 Å². The van der Waals surface area contributed by atoms with Crippen molar-refractivity contribution in [2.75, 3.05) is 0 Å². The summed E-state index contributed by atoms with van der Waals surface area (Å²) >= 11 is 0. The molecule has 0 saturated carbocycles. The molecule has 0 aliphatic heterocycles. The normalized spacial score (nSPS) is 10.4. The zero-order chi connectivity index (χ0) is 14.0. The van der Waals surface area contributed by atoms with Gasteiger partial charge in [-0.15, -0.1) is 5.10 Å². The van der Waals surface area contributed by atoms with Crippen LogP contribution in [0.2, 0.25) is 0 Å². The highest BCUT2D eigenvalue weighted by Crippen LogP contribution is 2.08. The van der Waals surface area contributed by atoms with Gasteiger partial charge in [-0.05, 0) is 17.9 Å². The first-order valence-corrected chi connectivity index (χ1v) is 5.45. The molecule has 0 aliphatic rings. The van der Waals surface area contributed by atoms with Gasteiger partial charge in [0, 0.05) is 7.05 Å². The molecule has 2 aromatic heterocycles. The third-order valence-electron chi connectivity index (χ3n) is 2.52. The number of nitrogens with one attached hydrogen (secondary N) is 2. The van der Waals surface area contributed by atoms with E-state index in [2.05, 4.69) is 20.6 Å². The van der Waals surface area contributed by atoms with E-state index in [-0.39, 0.29) is 18.1 Å². The Balaban J connectivity index is 2.01. The van der Waals surface area contributed by atoms with Gasteiger partial charge < -0.3 is 15.4 Å².